The number of hydrogen-bond donors (Lipinski definition) is 3. The first-order chi connectivity index (χ1) is 52.1. The van der Waals surface area contributed by atoms with Crippen LogP contribution in [0.15, 0.2) is 0 Å². The Morgan fingerprint density at radius 3 is 0.664 bits per heavy atom. The average molecular weight is 1560 g/mol. The van der Waals surface area contributed by atoms with Crippen LogP contribution in [0, 0.1) is 5.92 Å². The summed E-state index contributed by atoms with van der Waals surface area (Å²) in [4.78, 5) is 73.3. The van der Waals surface area contributed by atoms with Crippen molar-refractivity contribution in [2.75, 3.05) is 39.6 Å². The molecular formula is C88H172O17P2. The van der Waals surface area contributed by atoms with Gasteiger partial charge in [0.2, 0.25) is 0 Å². The van der Waals surface area contributed by atoms with Gasteiger partial charge >= 0.3 is 39.5 Å². The summed E-state index contributed by atoms with van der Waals surface area (Å²) in [6.45, 7) is 7.44. The fraction of sp³-hybridized carbons (Fsp3) is 0.955. The molecule has 0 amide bonds. The van der Waals surface area contributed by atoms with Crippen molar-refractivity contribution in [2.45, 2.75) is 496 Å². The maximum Gasteiger partial charge on any atom is 0.472 e. The number of unbranched alkanes of at least 4 members (excludes halogenated alkanes) is 59. The van der Waals surface area contributed by atoms with Crippen LogP contribution in [0.4, 0.5) is 0 Å². The van der Waals surface area contributed by atoms with Gasteiger partial charge in [0, 0.05) is 25.7 Å². The molecular weight excluding hydrogens is 1390 g/mol. The van der Waals surface area contributed by atoms with Crippen molar-refractivity contribution in [3.63, 3.8) is 0 Å². The summed E-state index contributed by atoms with van der Waals surface area (Å²) in [6.07, 6.45) is 74.9. The Kier molecular flexibility index (Phi) is 79.2. The van der Waals surface area contributed by atoms with Gasteiger partial charge < -0.3 is 33.8 Å². The van der Waals surface area contributed by atoms with Crippen LogP contribution in [-0.4, -0.2) is 96.7 Å². The summed E-state index contributed by atoms with van der Waals surface area (Å²) in [5, 5.41) is 10.7. The van der Waals surface area contributed by atoms with Crippen LogP contribution in [-0.2, 0) is 65.4 Å². The Balaban J connectivity index is 5.22. The number of aliphatic hydroxyl groups excluding tert-OH is 1. The SMILES string of the molecule is CCCCCCCCCCCCCCCCCCCCCCC(=O)OC[C@H](COP(=O)(O)OC[C@@H](O)COP(=O)(O)OC[C@@H](COC(=O)CCCCCCCCCCCCC)OC(=O)CCCCCCCCCCCCCCCC)OC(=O)CCCCCCCCCCCCCCCCCCCCC(C)CC. The van der Waals surface area contributed by atoms with Crippen molar-refractivity contribution >= 4 is 39.5 Å². The number of esters is 4. The number of rotatable bonds is 88. The molecule has 0 aliphatic carbocycles. The maximum atomic E-state index is 13.2. The van der Waals surface area contributed by atoms with E-state index in [4.69, 9.17) is 37.0 Å². The van der Waals surface area contributed by atoms with Gasteiger partial charge in [-0.1, -0.05) is 426 Å². The molecule has 0 fully saturated rings. The Labute approximate surface area is 658 Å². The van der Waals surface area contributed by atoms with Crippen molar-refractivity contribution < 1.29 is 80.2 Å². The summed E-state index contributed by atoms with van der Waals surface area (Å²) < 4.78 is 68.9. The summed E-state index contributed by atoms with van der Waals surface area (Å²) in [5.41, 5.74) is 0. The zero-order chi connectivity index (χ0) is 78.3. The van der Waals surface area contributed by atoms with E-state index in [0.29, 0.717) is 25.7 Å². The monoisotopic (exact) mass is 1560 g/mol. The van der Waals surface area contributed by atoms with Gasteiger partial charge in [0.05, 0.1) is 26.4 Å². The molecule has 0 saturated carbocycles. The van der Waals surface area contributed by atoms with E-state index in [9.17, 15) is 43.2 Å². The van der Waals surface area contributed by atoms with Gasteiger partial charge in [0.25, 0.3) is 0 Å². The number of aliphatic hydroxyl groups is 1. The smallest absolute Gasteiger partial charge is 0.462 e. The van der Waals surface area contributed by atoms with Crippen molar-refractivity contribution in [2.24, 2.45) is 5.92 Å². The largest absolute Gasteiger partial charge is 0.472 e. The zero-order valence-electron chi connectivity index (χ0n) is 70.3. The van der Waals surface area contributed by atoms with Crippen LogP contribution in [0.3, 0.4) is 0 Å². The molecule has 0 bridgehead atoms. The lowest BCUT2D eigenvalue weighted by atomic mass is 9.99. The number of phosphoric ester groups is 2. The van der Waals surface area contributed by atoms with Gasteiger partial charge in [-0.15, -0.1) is 0 Å². The third-order valence-corrected chi connectivity index (χ3v) is 23.0. The first kappa shape index (κ1) is 105. The molecule has 0 aliphatic rings. The molecule has 107 heavy (non-hydrogen) atoms. The van der Waals surface area contributed by atoms with Crippen molar-refractivity contribution in [3.05, 3.63) is 0 Å². The summed E-state index contributed by atoms with van der Waals surface area (Å²) in [5.74, 6) is -1.23. The Morgan fingerprint density at radius 2 is 0.449 bits per heavy atom. The molecule has 3 N–H and O–H groups in total. The molecule has 0 radical (unpaired) electrons. The normalized spacial score (nSPS) is 14.0. The molecule has 6 atom stereocenters. The summed E-state index contributed by atoms with van der Waals surface area (Å²) in [6, 6.07) is 0. The van der Waals surface area contributed by atoms with Gasteiger partial charge in [-0.3, -0.25) is 37.3 Å². The highest BCUT2D eigenvalue weighted by atomic mass is 31.2. The molecule has 0 saturated heterocycles. The van der Waals surface area contributed by atoms with Crippen LogP contribution in [0.5, 0.6) is 0 Å². The fourth-order valence-electron chi connectivity index (χ4n) is 13.8. The fourth-order valence-corrected chi connectivity index (χ4v) is 15.4. The topological polar surface area (TPSA) is 237 Å². The van der Waals surface area contributed by atoms with E-state index in [1.165, 1.54) is 302 Å². The van der Waals surface area contributed by atoms with Crippen LogP contribution in [0.1, 0.15) is 478 Å². The molecule has 0 rings (SSSR count). The van der Waals surface area contributed by atoms with E-state index in [1.807, 2.05) is 0 Å². The number of phosphoric acid groups is 2. The highest BCUT2D eigenvalue weighted by Gasteiger charge is 2.30. The maximum absolute atomic E-state index is 13.2. The molecule has 0 aromatic carbocycles. The lowest BCUT2D eigenvalue weighted by molar-refractivity contribution is -0.161. The second kappa shape index (κ2) is 80.7. The highest BCUT2D eigenvalue weighted by Crippen LogP contribution is 2.45. The molecule has 636 valence electrons. The molecule has 0 heterocycles. The molecule has 19 heteroatoms. The average Bonchev–Trinajstić information content (AvgIpc) is 0.902. The van der Waals surface area contributed by atoms with E-state index < -0.39 is 97.5 Å². The number of hydrogen-bond acceptors (Lipinski definition) is 15. The molecule has 3 unspecified atom stereocenters. The summed E-state index contributed by atoms with van der Waals surface area (Å²) in [7, 11) is -9.93. The predicted molar refractivity (Wildman–Crippen MR) is 442 cm³/mol. The Bertz CT molecular complexity index is 2030. The first-order valence-electron chi connectivity index (χ1n) is 45.7. The Hall–Kier alpha value is -1.94. The van der Waals surface area contributed by atoms with Gasteiger partial charge in [-0.05, 0) is 31.6 Å². The van der Waals surface area contributed by atoms with Crippen molar-refractivity contribution in [3.8, 4) is 0 Å². The standard InChI is InChI=1S/C88H172O17P2/c1-6-10-13-16-19-22-25-27-29-30-31-32-36-39-43-47-52-57-62-67-72-86(91)99-78-84(105-88(93)74-69-64-59-54-49-44-40-37-34-33-35-38-41-46-50-55-60-65-70-81(5)9-4)80-103-107(96,97)101-76-82(89)75-100-106(94,95)102-79-83(77-98-85(90)71-66-61-56-51-45-24-21-18-15-12-8-3)104-87(92)73-68-63-58-53-48-42-28-26-23-20-17-14-11-7-2/h81-84,89H,6-80H2,1-5H3,(H,94,95)(H,96,97)/t81?,82-,83+,84+/m0/s1. The molecule has 0 spiro atoms. The lowest BCUT2D eigenvalue weighted by Gasteiger charge is -2.21. The number of carbonyl (C=O) groups excluding carboxylic acids is 4. The van der Waals surface area contributed by atoms with E-state index in [0.717, 1.165) is 95.8 Å². The van der Waals surface area contributed by atoms with Gasteiger partial charge in [-0.25, -0.2) is 9.13 Å². The van der Waals surface area contributed by atoms with Crippen LogP contribution >= 0.6 is 15.6 Å². The third-order valence-electron chi connectivity index (χ3n) is 21.1. The van der Waals surface area contributed by atoms with Crippen LogP contribution in [0.25, 0.3) is 0 Å². The molecule has 0 aromatic rings. The third kappa shape index (κ3) is 80.5. The minimum absolute atomic E-state index is 0.109. The second-order valence-corrected chi connectivity index (χ2v) is 34.8. The van der Waals surface area contributed by atoms with E-state index in [2.05, 4.69) is 34.6 Å². The minimum atomic E-state index is -4.97. The van der Waals surface area contributed by atoms with Gasteiger partial charge in [0.1, 0.15) is 19.3 Å². The molecule has 0 aliphatic heterocycles. The Morgan fingerprint density at radius 1 is 0.262 bits per heavy atom. The van der Waals surface area contributed by atoms with Crippen LogP contribution in [0.2, 0.25) is 0 Å². The quantitative estimate of drug-likeness (QED) is 0.0222. The van der Waals surface area contributed by atoms with Gasteiger partial charge in [0.15, 0.2) is 12.2 Å². The number of ether oxygens (including phenoxy) is 4. The molecule has 0 aromatic heterocycles. The van der Waals surface area contributed by atoms with E-state index >= 15 is 0 Å². The lowest BCUT2D eigenvalue weighted by Crippen LogP contribution is -2.30. The van der Waals surface area contributed by atoms with Crippen LogP contribution < -0.4 is 0 Å². The van der Waals surface area contributed by atoms with Crippen molar-refractivity contribution in [1.29, 1.82) is 0 Å². The zero-order valence-corrected chi connectivity index (χ0v) is 72.1. The summed E-state index contributed by atoms with van der Waals surface area (Å²) >= 11 is 0. The van der Waals surface area contributed by atoms with E-state index in [1.54, 1.807) is 0 Å². The minimum Gasteiger partial charge on any atom is -0.462 e. The van der Waals surface area contributed by atoms with E-state index in [-0.39, 0.29) is 25.7 Å². The number of carbonyl (C=O) groups is 4. The highest BCUT2D eigenvalue weighted by molar-refractivity contribution is 7.47. The predicted octanol–water partition coefficient (Wildman–Crippen LogP) is 27.2. The molecule has 17 nitrogen and oxygen atoms in total. The first-order valence-corrected chi connectivity index (χ1v) is 48.7. The van der Waals surface area contributed by atoms with Gasteiger partial charge in [-0.2, -0.15) is 0 Å². The van der Waals surface area contributed by atoms with Crippen molar-refractivity contribution in [1.82, 2.24) is 0 Å². The second-order valence-electron chi connectivity index (χ2n) is 31.9.